The van der Waals surface area contributed by atoms with Gasteiger partial charge in [-0.15, -0.1) is 0 Å². The van der Waals surface area contributed by atoms with Gasteiger partial charge in [-0.05, 0) is 50.8 Å². The number of nitrogens with one attached hydrogen (secondary N) is 3. The van der Waals surface area contributed by atoms with Crippen molar-refractivity contribution >= 4 is 11.9 Å². The summed E-state index contributed by atoms with van der Waals surface area (Å²) in [6.07, 6.45) is 3.05. The van der Waals surface area contributed by atoms with E-state index in [1.807, 2.05) is 24.3 Å². The molecule has 31 heavy (non-hydrogen) atoms. The van der Waals surface area contributed by atoms with Crippen molar-refractivity contribution in [3.63, 3.8) is 0 Å². The molecule has 3 rings (SSSR count). The second kappa shape index (κ2) is 12.5. The molecular weight excluding hydrogens is 394 g/mol. The van der Waals surface area contributed by atoms with Crippen LogP contribution in [0.15, 0.2) is 29.3 Å². The summed E-state index contributed by atoms with van der Waals surface area (Å²) in [7, 11) is 0. The minimum absolute atomic E-state index is 0.0473. The second-order valence-electron chi connectivity index (χ2n) is 8.17. The Bertz CT molecular complexity index is 700. The van der Waals surface area contributed by atoms with Gasteiger partial charge in [0.15, 0.2) is 12.6 Å². The summed E-state index contributed by atoms with van der Waals surface area (Å²) >= 11 is 0. The van der Waals surface area contributed by atoms with Gasteiger partial charge in [0, 0.05) is 38.3 Å². The molecule has 0 spiro atoms. The van der Waals surface area contributed by atoms with Crippen molar-refractivity contribution in [2.75, 3.05) is 52.5 Å². The average molecular weight is 432 g/mol. The van der Waals surface area contributed by atoms with Crippen LogP contribution < -0.4 is 20.7 Å². The van der Waals surface area contributed by atoms with Crippen LogP contribution in [-0.4, -0.2) is 81.4 Å². The maximum Gasteiger partial charge on any atom is 0.258 e. The fraction of sp³-hybridized carbons (Fsp3) is 0.652. The van der Waals surface area contributed by atoms with E-state index in [0.29, 0.717) is 12.1 Å². The molecule has 0 bridgehead atoms. The van der Waals surface area contributed by atoms with Gasteiger partial charge in [0.2, 0.25) is 0 Å². The van der Waals surface area contributed by atoms with Crippen LogP contribution >= 0.6 is 0 Å². The molecule has 2 aliphatic rings. The van der Waals surface area contributed by atoms with Crippen LogP contribution in [0.2, 0.25) is 0 Å². The molecule has 3 N–H and O–H groups in total. The lowest BCUT2D eigenvalue weighted by atomic mass is 10.1. The third-order valence-corrected chi connectivity index (χ3v) is 5.47. The van der Waals surface area contributed by atoms with Crippen molar-refractivity contribution < 1.29 is 14.3 Å². The summed E-state index contributed by atoms with van der Waals surface area (Å²) in [5.41, 5.74) is 1.21. The normalized spacial score (nSPS) is 18.3. The average Bonchev–Trinajstić information content (AvgIpc) is 3.61. The number of carbonyl (C=O) groups is 1. The molecule has 2 fully saturated rings. The number of benzene rings is 1. The van der Waals surface area contributed by atoms with Gasteiger partial charge in [0.05, 0.1) is 19.8 Å². The van der Waals surface area contributed by atoms with Crippen LogP contribution in [0.3, 0.4) is 0 Å². The maximum atomic E-state index is 11.7. The van der Waals surface area contributed by atoms with Gasteiger partial charge in [0.25, 0.3) is 5.91 Å². The zero-order chi connectivity index (χ0) is 21.9. The maximum absolute atomic E-state index is 11.7. The molecule has 1 saturated carbocycles. The van der Waals surface area contributed by atoms with E-state index in [2.05, 4.69) is 34.7 Å². The Labute approximate surface area is 185 Å². The number of nitrogens with zero attached hydrogens (tertiary/aromatic N) is 2. The standard InChI is InChI=1S/C23H37N5O3/c1-3-24-23(26-16-18(2)28-12-14-30-15-13-28)25-11-10-19-4-8-21(9-5-19)31-17-22(29)27-20-6-7-20/h4-5,8-9,18,20H,3,6-7,10-17H2,1-2H3,(H,27,29)(H2,24,25,26). The number of amides is 1. The van der Waals surface area contributed by atoms with Gasteiger partial charge in [-0.2, -0.15) is 0 Å². The fourth-order valence-corrected chi connectivity index (χ4v) is 3.42. The minimum Gasteiger partial charge on any atom is -0.484 e. The topological polar surface area (TPSA) is 87.2 Å². The Hall–Kier alpha value is -2.32. The molecule has 1 heterocycles. The monoisotopic (exact) mass is 431 g/mol. The van der Waals surface area contributed by atoms with E-state index in [9.17, 15) is 4.79 Å². The molecule has 1 aromatic rings. The van der Waals surface area contributed by atoms with Crippen molar-refractivity contribution in [3.05, 3.63) is 29.8 Å². The number of guanidine groups is 1. The second-order valence-corrected chi connectivity index (χ2v) is 8.17. The van der Waals surface area contributed by atoms with Crippen LogP contribution in [0.1, 0.15) is 32.3 Å². The third kappa shape index (κ3) is 8.75. The third-order valence-electron chi connectivity index (χ3n) is 5.47. The molecule has 1 aliphatic carbocycles. The molecule has 0 radical (unpaired) electrons. The molecule has 1 saturated heterocycles. The van der Waals surface area contributed by atoms with E-state index in [4.69, 9.17) is 14.5 Å². The summed E-state index contributed by atoms with van der Waals surface area (Å²) in [5, 5.41) is 9.66. The van der Waals surface area contributed by atoms with E-state index in [1.54, 1.807) is 0 Å². The number of morpholine rings is 1. The molecule has 8 nitrogen and oxygen atoms in total. The summed E-state index contributed by atoms with van der Waals surface area (Å²) in [4.78, 5) is 18.9. The van der Waals surface area contributed by atoms with Crippen LogP contribution in [-0.2, 0) is 16.0 Å². The van der Waals surface area contributed by atoms with Gasteiger partial charge < -0.3 is 25.4 Å². The minimum atomic E-state index is -0.0473. The Balaban J connectivity index is 1.37. The highest BCUT2D eigenvalue weighted by Gasteiger charge is 2.23. The predicted octanol–water partition coefficient (Wildman–Crippen LogP) is 1.16. The molecule has 1 atom stereocenters. The first-order valence-electron chi connectivity index (χ1n) is 11.5. The van der Waals surface area contributed by atoms with Gasteiger partial charge in [-0.25, -0.2) is 0 Å². The van der Waals surface area contributed by atoms with E-state index in [-0.39, 0.29) is 12.5 Å². The number of ether oxygens (including phenoxy) is 2. The van der Waals surface area contributed by atoms with Gasteiger partial charge in [-0.3, -0.25) is 14.7 Å². The Kier molecular flexibility index (Phi) is 9.42. The molecule has 8 heteroatoms. The first kappa shape index (κ1) is 23.3. The molecule has 1 amide bonds. The fourth-order valence-electron chi connectivity index (χ4n) is 3.42. The molecule has 1 unspecified atom stereocenters. The van der Waals surface area contributed by atoms with Crippen molar-refractivity contribution in [2.24, 2.45) is 4.99 Å². The first-order valence-corrected chi connectivity index (χ1v) is 11.5. The lowest BCUT2D eigenvalue weighted by Gasteiger charge is -2.31. The zero-order valence-electron chi connectivity index (χ0n) is 18.9. The van der Waals surface area contributed by atoms with Crippen molar-refractivity contribution in [1.82, 2.24) is 20.9 Å². The van der Waals surface area contributed by atoms with Crippen molar-refractivity contribution in [3.8, 4) is 5.75 Å². The van der Waals surface area contributed by atoms with E-state index in [0.717, 1.165) is 76.9 Å². The van der Waals surface area contributed by atoms with Gasteiger partial charge in [-0.1, -0.05) is 12.1 Å². The highest BCUT2D eigenvalue weighted by molar-refractivity contribution is 5.79. The largest absolute Gasteiger partial charge is 0.484 e. The summed E-state index contributed by atoms with van der Waals surface area (Å²) in [6, 6.07) is 8.69. The SMILES string of the molecule is CCNC(=NCC(C)N1CCOCC1)NCCc1ccc(OCC(=O)NC2CC2)cc1. The molecule has 172 valence electrons. The zero-order valence-corrected chi connectivity index (χ0v) is 18.9. The summed E-state index contributed by atoms with van der Waals surface area (Å²) in [5.74, 6) is 1.52. The predicted molar refractivity (Wildman–Crippen MR) is 123 cm³/mol. The lowest BCUT2D eigenvalue weighted by molar-refractivity contribution is -0.123. The number of carbonyl (C=O) groups excluding carboxylic acids is 1. The number of aliphatic imine (C=N–C) groups is 1. The van der Waals surface area contributed by atoms with E-state index >= 15 is 0 Å². The molecule has 0 aromatic heterocycles. The Morgan fingerprint density at radius 1 is 1.23 bits per heavy atom. The first-order chi connectivity index (χ1) is 15.1. The van der Waals surface area contributed by atoms with E-state index in [1.165, 1.54) is 5.56 Å². The van der Waals surface area contributed by atoms with E-state index < -0.39 is 0 Å². The van der Waals surface area contributed by atoms with Crippen LogP contribution in [0, 0.1) is 0 Å². The number of hydrogen-bond acceptors (Lipinski definition) is 5. The molecular formula is C23H37N5O3. The van der Waals surface area contributed by atoms with Crippen LogP contribution in [0.25, 0.3) is 0 Å². The van der Waals surface area contributed by atoms with Gasteiger partial charge >= 0.3 is 0 Å². The highest BCUT2D eigenvalue weighted by Crippen LogP contribution is 2.18. The highest BCUT2D eigenvalue weighted by atomic mass is 16.5. The van der Waals surface area contributed by atoms with Crippen molar-refractivity contribution in [2.45, 2.75) is 45.2 Å². The number of rotatable bonds is 11. The quantitative estimate of drug-likeness (QED) is 0.360. The smallest absolute Gasteiger partial charge is 0.258 e. The van der Waals surface area contributed by atoms with Crippen LogP contribution in [0.5, 0.6) is 5.75 Å². The van der Waals surface area contributed by atoms with Gasteiger partial charge in [0.1, 0.15) is 5.75 Å². The number of hydrogen-bond donors (Lipinski definition) is 3. The van der Waals surface area contributed by atoms with Crippen molar-refractivity contribution in [1.29, 1.82) is 0 Å². The summed E-state index contributed by atoms with van der Waals surface area (Å²) < 4.78 is 11.0. The van der Waals surface area contributed by atoms with Crippen LogP contribution in [0.4, 0.5) is 0 Å². The lowest BCUT2D eigenvalue weighted by Crippen LogP contribution is -2.44. The Morgan fingerprint density at radius 2 is 1.97 bits per heavy atom. The Morgan fingerprint density at radius 3 is 2.65 bits per heavy atom. The summed E-state index contributed by atoms with van der Waals surface area (Å²) in [6.45, 7) is 10.3. The molecule has 1 aliphatic heterocycles. The molecule has 1 aromatic carbocycles.